The van der Waals surface area contributed by atoms with E-state index in [4.69, 9.17) is 5.73 Å². The molecule has 1 fully saturated rings. The molecular formula is C16H22N4. The van der Waals surface area contributed by atoms with Gasteiger partial charge in [-0.3, -0.25) is 0 Å². The van der Waals surface area contributed by atoms with Crippen molar-refractivity contribution in [3.63, 3.8) is 0 Å². The highest BCUT2D eigenvalue weighted by Gasteiger charge is 2.20. The van der Waals surface area contributed by atoms with Crippen molar-refractivity contribution in [2.24, 2.45) is 11.8 Å². The smallest absolute Gasteiger partial charge is 0.123 e. The zero-order valence-electron chi connectivity index (χ0n) is 12.0. The Balaban J connectivity index is 1.78. The summed E-state index contributed by atoms with van der Waals surface area (Å²) in [6.45, 7) is 3.43. The number of hydrogen-bond acceptors (Lipinski definition) is 3. The van der Waals surface area contributed by atoms with Gasteiger partial charge in [0.05, 0.1) is 18.2 Å². The highest BCUT2D eigenvalue weighted by atomic mass is 15.0. The zero-order chi connectivity index (χ0) is 13.9. The predicted octanol–water partition coefficient (Wildman–Crippen LogP) is 3.35. The van der Waals surface area contributed by atoms with Crippen molar-refractivity contribution < 1.29 is 0 Å². The molecule has 0 bridgehead atoms. The van der Waals surface area contributed by atoms with Crippen LogP contribution in [0.2, 0.25) is 0 Å². The molecule has 1 aliphatic rings. The van der Waals surface area contributed by atoms with E-state index >= 15 is 0 Å². The summed E-state index contributed by atoms with van der Waals surface area (Å²) in [6.07, 6.45) is 11.1. The first-order valence-electron chi connectivity index (χ1n) is 7.44. The Labute approximate surface area is 120 Å². The van der Waals surface area contributed by atoms with Crippen LogP contribution in [0.4, 0.5) is 5.82 Å². The van der Waals surface area contributed by atoms with E-state index in [2.05, 4.69) is 21.5 Å². The molecule has 0 aliphatic heterocycles. The topological polar surface area (TPSA) is 56.7 Å². The van der Waals surface area contributed by atoms with Gasteiger partial charge in [-0.15, -0.1) is 0 Å². The molecule has 1 saturated carbocycles. The van der Waals surface area contributed by atoms with Crippen LogP contribution in [0.3, 0.4) is 0 Å². The van der Waals surface area contributed by atoms with Crippen molar-refractivity contribution >= 4 is 5.82 Å². The fourth-order valence-corrected chi connectivity index (χ4v) is 3.27. The molecule has 2 aromatic rings. The number of nitrogens with zero attached hydrogens (tertiary/aromatic N) is 3. The summed E-state index contributed by atoms with van der Waals surface area (Å²) in [5.41, 5.74) is 7.87. The van der Waals surface area contributed by atoms with Crippen molar-refractivity contribution in [3.05, 3.63) is 30.9 Å². The summed E-state index contributed by atoms with van der Waals surface area (Å²) in [7, 11) is 0. The van der Waals surface area contributed by atoms with Crippen molar-refractivity contribution in [1.82, 2.24) is 14.5 Å². The molecule has 0 amide bonds. The number of rotatable bonds is 3. The lowest BCUT2D eigenvalue weighted by atomic mass is 9.82. The first-order valence-corrected chi connectivity index (χ1v) is 7.44. The summed E-state index contributed by atoms with van der Waals surface area (Å²) in [6, 6.07) is 3.86. The van der Waals surface area contributed by atoms with Gasteiger partial charge in [0.1, 0.15) is 5.82 Å². The third-order valence-electron chi connectivity index (χ3n) is 4.29. The van der Waals surface area contributed by atoms with E-state index in [-0.39, 0.29) is 0 Å². The summed E-state index contributed by atoms with van der Waals surface area (Å²) in [5, 5.41) is 0. The van der Waals surface area contributed by atoms with E-state index in [9.17, 15) is 0 Å². The number of pyridine rings is 1. The van der Waals surface area contributed by atoms with Crippen molar-refractivity contribution in [1.29, 1.82) is 0 Å². The summed E-state index contributed by atoms with van der Waals surface area (Å²) < 4.78 is 2.26. The summed E-state index contributed by atoms with van der Waals surface area (Å²) >= 11 is 0. The highest BCUT2D eigenvalue weighted by molar-refractivity contribution is 5.59. The number of nitrogen functional groups attached to an aromatic ring is 1. The third-order valence-corrected chi connectivity index (χ3v) is 4.29. The van der Waals surface area contributed by atoms with Crippen molar-refractivity contribution in [3.8, 4) is 11.3 Å². The molecule has 0 radical (unpaired) electrons. The van der Waals surface area contributed by atoms with E-state index in [0.29, 0.717) is 5.82 Å². The van der Waals surface area contributed by atoms with Gasteiger partial charge >= 0.3 is 0 Å². The number of anilines is 1. The molecule has 20 heavy (non-hydrogen) atoms. The molecule has 2 atom stereocenters. The second kappa shape index (κ2) is 5.65. The highest BCUT2D eigenvalue weighted by Crippen LogP contribution is 2.31. The first-order chi connectivity index (χ1) is 9.72. The van der Waals surface area contributed by atoms with E-state index in [1.54, 1.807) is 0 Å². The monoisotopic (exact) mass is 270 g/mol. The van der Waals surface area contributed by atoms with Crippen LogP contribution in [0.25, 0.3) is 11.3 Å². The van der Waals surface area contributed by atoms with Crippen LogP contribution in [0.15, 0.2) is 30.9 Å². The lowest BCUT2D eigenvalue weighted by Crippen LogP contribution is -2.18. The van der Waals surface area contributed by atoms with Gasteiger partial charge in [-0.1, -0.05) is 19.8 Å². The predicted molar refractivity (Wildman–Crippen MR) is 81.0 cm³/mol. The minimum absolute atomic E-state index is 0.556. The molecule has 1 aliphatic carbocycles. The molecule has 0 spiro atoms. The quantitative estimate of drug-likeness (QED) is 0.930. The fourth-order valence-electron chi connectivity index (χ4n) is 3.27. The van der Waals surface area contributed by atoms with Crippen LogP contribution < -0.4 is 5.73 Å². The lowest BCUT2D eigenvalue weighted by Gasteiger charge is -2.27. The van der Waals surface area contributed by atoms with Crippen LogP contribution in [-0.4, -0.2) is 14.5 Å². The second-order valence-electron chi connectivity index (χ2n) is 6.04. The zero-order valence-corrected chi connectivity index (χ0v) is 12.0. The Bertz CT molecular complexity index is 558. The van der Waals surface area contributed by atoms with Gasteiger partial charge in [0.2, 0.25) is 0 Å². The second-order valence-corrected chi connectivity index (χ2v) is 6.04. The SMILES string of the molecule is CC1CCCC(Cn2cncc2-c2ccc(N)nc2)C1. The van der Waals surface area contributed by atoms with Gasteiger partial charge in [-0.2, -0.15) is 0 Å². The maximum atomic E-state index is 5.65. The normalized spacial score (nSPS) is 22.9. The Morgan fingerprint density at radius 3 is 2.95 bits per heavy atom. The maximum absolute atomic E-state index is 5.65. The van der Waals surface area contributed by atoms with Crippen molar-refractivity contribution in [2.45, 2.75) is 39.2 Å². The standard InChI is InChI=1S/C16H22N4/c1-12-3-2-4-13(7-12)10-20-11-18-9-15(20)14-5-6-16(17)19-8-14/h5-6,8-9,11-13H,2-4,7,10H2,1H3,(H2,17,19). The third kappa shape index (κ3) is 2.84. The molecule has 2 heterocycles. The minimum Gasteiger partial charge on any atom is -0.384 e. The van der Waals surface area contributed by atoms with E-state index in [0.717, 1.165) is 29.6 Å². The molecule has 0 aromatic carbocycles. The molecular weight excluding hydrogens is 248 g/mol. The Morgan fingerprint density at radius 2 is 2.20 bits per heavy atom. The van der Waals surface area contributed by atoms with Gasteiger partial charge in [0.25, 0.3) is 0 Å². The van der Waals surface area contributed by atoms with E-state index in [1.165, 1.54) is 25.7 Å². The molecule has 106 valence electrons. The number of aromatic nitrogens is 3. The van der Waals surface area contributed by atoms with Gasteiger partial charge < -0.3 is 10.3 Å². The number of imidazole rings is 1. The van der Waals surface area contributed by atoms with Crippen LogP contribution in [0.1, 0.15) is 32.6 Å². The molecule has 4 nitrogen and oxygen atoms in total. The lowest BCUT2D eigenvalue weighted by molar-refractivity contribution is 0.257. The molecule has 0 saturated heterocycles. The van der Waals surface area contributed by atoms with Crippen molar-refractivity contribution in [2.75, 3.05) is 5.73 Å². The van der Waals surface area contributed by atoms with Gasteiger partial charge in [0.15, 0.2) is 0 Å². The average Bonchev–Trinajstić information content (AvgIpc) is 2.88. The largest absolute Gasteiger partial charge is 0.384 e. The Kier molecular flexibility index (Phi) is 3.72. The average molecular weight is 270 g/mol. The van der Waals surface area contributed by atoms with Gasteiger partial charge in [-0.25, -0.2) is 9.97 Å². The summed E-state index contributed by atoms with van der Waals surface area (Å²) in [4.78, 5) is 8.48. The van der Waals surface area contributed by atoms with Crippen LogP contribution >= 0.6 is 0 Å². The molecule has 2 N–H and O–H groups in total. The summed E-state index contributed by atoms with van der Waals surface area (Å²) in [5.74, 6) is 2.19. The van der Waals surface area contributed by atoms with Gasteiger partial charge in [0, 0.05) is 18.3 Å². The molecule has 2 unspecified atom stereocenters. The number of hydrogen-bond donors (Lipinski definition) is 1. The van der Waals surface area contributed by atoms with Crippen LogP contribution in [0.5, 0.6) is 0 Å². The molecule has 4 heteroatoms. The fraction of sp³-hybridized carbons (Fsp3) is 0.500. The Morgan fingerprint density at radius 1 is 1.30 bits per heavy atom. The Hall–Kier alpha value is -1.84. The molecule has 2 aromatic heterocycles. The molecule has 3 rings (SSSR count). The number of nitrogens with two attached hydrogens (primary N) is 1. The van der Waals surface area contributed by atoms with Crippen LogP contribution in [-0.2, 0) is 6.54 Å². The van der Waals surface area contributed by atoms with E-state index < -0.39 is 0 Å². The van der Waals surface area contributed by atoms with Crippen LogP contribution in [0, 0.1) is 11.8 Å². The first kappa shape index (κ1) is 13.2. The van der Waals surface area contributed by atoms with Gasteiger partial charge in [-0.05, 0) is 36.8 Å². The van der Waals surface area contributed by atoms with E-state index in [1.807, 2.05) is 30.9 Å². The maximum Gasteiger partial charge on any atom is 0.123 e. The minimum atomic E-state index is 0.556.